The van der Waals surface area contributed by atoms with Crippen LogP contribution in [0.1, 0.15) is 278 Å². The molecule has 0 amide bonds. The van der Waals surface area contributed by atoms with Gasteiger partial charge in [0.2, 0.25) is 0 Å². The number of carbonyl (C=O) groups is 3. The highest BCUT2D eigenvalue weighted by atomic mass is 16.6. The Kier molecular flexibility index (Phi) is 52.8. The van der Waals surface area contributed by atoms with Gasteiger partial charge in [-0.25, -0.2) is 0 Å². The molecule has 0 aromatic rings. The van der Waals surface area contributed by atoms with E-state index in [0.29, 0.717) is 19.3 Å². The van der Waals surface area contributed by atoms with Gasteiger partial charge in [-0.05, 0) is 109 Å². The van der Waals surface area contributed by atoms with E-state index in [1.165, 1.54) is 122 Å². The smallest absolute Gasteiger partial charge is 0.306 e. The second kappa shape index (κ2) is 55.4. The predicted octanol–water partition coefficient (Wildman–Crippen LogP) is 19.0. The topological polar surface area (TPSA) is 78.9 Å². The van der Waals surface area contributed by atoms with Crippen LogP contribution >= 0.6 is 0 Å². The van der Waals surface area contributed by atoms with Gasteiger partial charge in [0, 0.05) is 19.3 Å². The van der Waals surface area contributed by atoms with Gasteiger partial charge in [-0.1, -0.05) is 222 Å². The van der Waals surface area contributed by atoms with Gasteiger partial charge in [-0.2, -0.15) is 0 Å². The van der Waals surface area contributed by atoms with Crippen LogP contribution in [0.2, 0.25) is 0 Å². The number of ether oxygens (including phenoxy) is 3. The van der Waals surface area contributed by atoms with Crippen LogP contribution < -0.4 is 0 Å². The lowest BCUT2D eigenvalue weighted by atomic mass is 10.1. The van der Waals surface area contributed by atoms with Crippen molar-refractivity contribution in [1.82, 2.24) is 0 Å². The number of hydrogen-bond donors (Lipinski definition) is 0. The molecule has 0 N–H and O–H groups in total. The molecule has 0 aromatic heterocycles. The SMILES string of the molecule is CC/C=C\C/C=C\C/C=C\CCCCCCCC(=O)OC(COC(=O)CCCCCCC/C=C\C/C=C\CCCCC)COC(=O)CCCCCCCCCCC/C=C\CCCCCCCC. The highest BCUT2D eigenvalue weighted by Gasteiger charge is 2.19. The zero-order valence-corrected chi connectivity index (χ0v) is 44.2. The maximum atomic E-state index is 12.8. The zero-order valence-electron chi connectivity index (χ0n) is 44.2. The van der Waals surface area contributed by atoms with Crippen LogP contribution in [0.3, 0.4) is 0 Å². The number of hydrogen-bond acceptors (Lipinski definition) is 6. The fraction of sp³-hybridized carbons (Fsp3) is 0.754. The Morgan fingerprint density at radius 2 is 0.582 bits per heavy atom. The summed E-state index contributed by atoms with van der Waals surface area (Å²) in [5, 5.41) is 0. The molecule has 0 fully saturated rings. The number of esters is 3. The Bertz CT molecular complexity index is 1260. The normalized spacial score (nSPS) is 12.6. The summed E-state index contributed by atoms with van der Waals surface area (Å²) in [6.45, 7) is 6.49. The van der Waals surface area contributed by atoms with E-state index in [2.05, 4.69) is 93.7 Å². The molecule has 0 saturated heterocycles. The molecule has 0 saturated carbocycles. The average molecular weight is 936 g/mol. The summed E-state index contributed by atoms with van der Waals surface area (Å²) in [4.78, 5) is 38.1. The van der Waals surface area contributed by atoms with Crippen LogP contribution in [0.15, 0.2) is 72.9 Å². The van der Waals surface area contributed by atoms with Crippen LogP contribution in [0.5, 0.6) is 0 Å². The third-order valence-electron chi connectivity index (χ3n) is 12.2. The van der Waals surface area contributed by atoms with E-state index in [1.807, 2.05) is 0 Å². The standard InChI is InChI=1S/C61H106O6/c1-4-7-10-13-16-19-22-25-28-29-30-31-34-36-39-42-45-48-51-54-60(63)66-57-58(67-61(64)55-52-49-46-43-40-37-33-27-24-21-18-15-12-9-6-3)56-65-59(62)53-50-47-44-41-38-35-32-26-23-20-17-14-11-8-5-2/h9,12,17-18,20-21,25-28,32-33,58H,4-8,10-11,13-16,19,22-24,29-31,34-57H2,1-3H3/b12-9-,20-17-,21-18-,28-25-,32-26-,33-27-. The maximum Gasteiger partial charge on any atom is 0.306 e. The van der Waals surface area contributed by atoms with Crippen molar-refractivity contribution in [3.8, 4) is 0 Å². The lowest BCUT2D eigenvalue weighted by molar-refractivity contribution is -0.167. The van der Waals surface area contributed by atoms with Gasteiger partial charge in [0.15, 0.2) is 6.10 Å². The second-order valence-electron chi connectivity index (χ2n) is 18.8. The minimum Gasteiger partial charge on any atom is -0.462 e. The van der Waals surface area contributed by atoms with Crippen LogP contribution in [0.25, 0.3) is 0 Å². The van der Waals surface area contributed by atoms with Crippen molar-refractivity contribution in [3.05, 3.63) is 72.9 Å². The molecule has 6 nitrogen and oxygen atoms in total. The molecule has 0 aromatic carbocycles. The molecule has 1 unspecified atom stereocenters. The van der Waals surface area contributed by atoms with Crippen LogP contribution in [-0.4, -0.2) is 37.2 Å². The van der Waals surface area contributed by atoms with E-state index >= 15 is 0 Å². The third-order valence-corrected chi connectivity index (χ3v) is 12.2. The maximum absolute atomic E-state index is 12.8. The van der Waals surface area contributed by atoms with Crippen molar-refractivity contribution < 1.29 is 28.6 Å². The van der Waals surface area contributed by atoms with E-state index < -0.39 is 6.10 Å². The Morgan fingerprint density at radius 1 is 0.313 bits per heavy atom. The largest absolute Gasteiger partial charge is 0.462 e. The highest BCUT2D eigenvalue weighted by Crippen LogP contribution is 2.15. The summed E-state index contributed by atoms with van der Waals surface area (Å²) in [5.41, 5.74) is 0. The van der Waals surface area contributed by atoms with Crippen molar-refractivity contribution in [1.29, 1.82) is 0 Å². The Balaban J connectivity index is 4.40. The summed E-state index contributed by atoms with van der Waals surface area (Å²) in [6.07, 6.45) is 70.3. The first-order valence-corrected chi connectivity index (χ1v) is 28.4. The number of allylic oxidation sites excluding steroid dienone is 12. The van der Waals surface area contributed by atoms with Gasteiger partial charge in [0.25, 0.3) is 0 Å². The molecule has 0 heterocycles. The number of carbonyl (C=O) groups excluding carboxylic acids is 3. The third kappa shape index (κ3) is 53.7. The van der Waals surface area contributed by atoms with E-state index in [0.717, 1.165) is 116 Å². The van der Waals surface area contributed by atoms with E-state index in [4.69, 9.17) is 14.2 Å². The van der Waals surface area contributed by atoms with E-state index in [1.54, 1.807) is 0 Å². The lowest BCUT2D eigenvalue weighted by Crippen LogP contribution is -2.30. The van der Waals surface area contributed by atoms with Gasteiger partial charge in [-0.3, -0.25) is 14.4 Å². The van der Waals surface area contributed by atoms with Gasteiger partial charge < -0.3 is 14.2 Å². The molecular formula is C61H106O6. The van der Waals surface area contributed by atoms with Gasteiger partial charge in [-0.15, -0.1) is 0 Å². The fourth-order valence-corrected chi connectivity index (χ4v) is 7.89. The first-order chi connectivity index (χ1) is 33.0. The van der Waals surface area contributed by atoms with Crippen LogP contribution in [0, 0.1) is 0 Å². The molecule has 0 spiro atoms. The van der Waals surface area contributed by atoms with Crippen molar-refractivity contribution in [2.24, 2.45) is 0 Å². The van der Waals surface area contributed by atoms with E-state index in [9.17, 15) is 14.4 Å². The fourth-order valence-electron chi connectivity index (χ4n) is 7.89. The summed E-state index contributed by atoms with van der Waals surface area (Å²) >= 11 is 0. The molecule has 1 atom stereocenters. The minimum atomic E-state index is -0.791. The summed E-state index contributed by atoms with van der Waals surface area (Å²) in [5.74, 6) is -0.914. The quantitative estimate of drug-likeness (QED) is 0.0262. The second-order valence-corrected chi connectivity index (χ2v) is 18.8. The Morgan fingerprint density at radius 3 is 0.955 bits per heavy atom. The summed E-state index contributed by atoms with van der Waals surface area (Å²) in [7, 11) is 0. The molecular weight excluding hydrogens is 829 g/mol. The average Bonchev–Trinajstić information content (AvgIpc) is 3.33. The molecule has 0 rings (SSSR count). The molecule has 0 radical (unpaired) electrons. The number of rotatable bonds is 51. The molecule has 0 aliphatic rings. The summed E-state index contributed by atoms with van der Waals surface area (Å²) < 4.78 is 16.8. The molecule has 67 heavy (non-hydrogen) atoms. The van der Waals surface area contributed by atoms with Crippen molar-refractivity contribution in [2.45, 2.75) is 284 Å². The van der Waals surface area contributed by atoms with E-state index in [-0.39, 0.29) is 31.1 Å². The molecule has 0 bridgehead atoms. The minimum absolute atomic E-state index is 0.0876. The molecule has 6 heteroatoms. The van der Waals surface area contributed by atoms with Gasteiger partial charge in [0.05, 0.1) is 0 Å². The van der Waals surface area contributed by atoms with Gasteiger partial charge in [0.1, 0.15) is 13.2 Å². The van der Waals surface area contributed by atoms with Crippen molar-refractivity contribution in [2.75, 3.05) is 13.2 Å². The van der Waals surface area contributed by atoms with Crippen LogP contribution in [-0.2, 0) is 28.6 Å². The van der Waals surface area contributed by atoms with Crippen LogP contribution in [0.4, 0.5) is 0 Å². The molecule has 386 valence electrons. The zero-order chi connectivity index (χ0) is 48.6. The highest BCUT2D eigenvalue weighted by molar-refractivity contribution is 5.71. The molecule has 0 aliphatic carbocycles. The first-order valence-electron chi connectivity index (χ1n) is 28.4. The van der Waals surface area contributed by atoms with Gasteiger partial charge >= 0.3 is 17.9 Å². The molecule has 0 aliphatic heterocycles. The predicted molar refractivity (Wildman–Crippen MR) is 288 cm³/mol. The lowest BCUT2D eigenvalue weighted by Gasteiger charge is -2.18. The van der Waals surface area contributed by atoms with Crippen molar-refractivity contribution in [3.63, 3.8) is 0 Å². The van der Waals surface area contributed by atoms with Crippen molar-refractivity contribution >= 4 is 17.9 Å². The Labute approximate surface area is 414 Å². The number of unbranched alkanes of at least 4 members (excludes halogenated alkanes) is 28. The summed E-state index contributed by atoms with van der Waals surface area (Å²) in [6, 6.07) is 0. The first kappa shape index (κ1) is 63.8. The Hall–Kier alpha value is -3.15. The monoisotopic (exact) mass is 935 g/mol.